The summed E-state index contributed by atoms with van der Waals surface area (Å²) >= 11 is 0. The summed E-state index contributed by atoms with van der Waals surface area (Å²) in [5.41, 5.74) is 0.773. The summed E-state index contributed by atoms with van der Waals surface area (Å²) < 4.78 is 5.19. The lowest BCUT2D eigenvalue weighted by Gasteiger charge is -2.23. The Bertz CT molecular complexity index is 906. The molecule has 0 aromatic heterocycles. The van der Waals surface area contributed by atoms with Gasteiger partial charge in [0.2, 0.25) is 11.8 Å². The molecule has 0 saturated carbocycles. The first kappa shape index (κ1) is 20.3. The molecule has 1 N–H and O–H groups in total. The van der Waals surface area contributed by atoms with Crippen LogP contribution in [0.1, 0.15) is 32.3 Å². The third-order valence-corrected chi connectivity index (χ3v) is 5.19. The van der Waals surface area contributed by atoms with Crippen LogP contribution in [0.25, 0.3) is 0 Å². The van der Waals surface area contributed by atoms with Crippen molar-refractivity contribution in [2.75, 3.05) is 5.32 Å². The molecule has 1 aliphatic heterocycles. The lowest BCUT2D eigenvalue weighted by Crippen LogP contribution is -2.46. The smallest absolute Gasteiger partial charge is 0.329 e. The number of carbonyl (C=O) groups is 4. The van der Waals surface area contributed by atoms with Crippen molar-refractivity contribution in [1.29, 1.82) is 5.26 Å². The second kappa shape index (κ2) is 8.27. The number of ether oxygens (including phenoxy) is 1. The summed E-state index contributed by atoms with van der Waals surface area (Å²) in [4.78, 5) is 50.9. The van der Waals surface area contributed by atoms with E-state index in [-0.39, 0.29) is 11.8 Å². The highest BCUT2D eigenvalue weighted by Gasteiger charge is 2.50. The molecule has 8 nitrogen and oxygen atoms in total. The number of amides is 3. The molecule has 2 aliphatic rings. The van der Waals surface area contributed by atoms with E-state index in [1.54, 1.807) is 18.2 Å². The van der Waals surface area contributed by atoms with Crippen molar-refractivity contribution in [1.82, 2.24) is 4.90 Å². The number of hydrogen-bond donors (Lipinski definition) is 1. The molecule has 0 bridgehead atoms. The van der Waals surface area contributed by atoms with Crippen LogP contribution in [0.15, 0.2) is 36.4 Å². The second-order valence-electron chi connectivity index (χ2n) is 7.14. The number of nitrogens with one attached hydrogen (secondary N) is 1. The van der Waals surface area contributed by atoms with Gasteiger partial charge in [-0.15, -0.1) is 0 Å². The van der Waals surface area contributed by atoms with Crippen LogP contribution in [-0.4, -0.2) is 40.7 Å². The number of benzene rings is 1. The molecule has 1 fully saturated rings. The molecule has 1 aromatic carbocycles. The van der Waals surface area contributed by atoms with Crippen LogP contribution in [0.2, 0.25) is 0 Å². The largest absolute Gasteiger partial charge is 0.451 e. The number of fused-ring (bicyclic) bond motifs is 1. The molecule has 150 valence electrons. The van der Waals surface area contributed by atoms with E-state index in [0.29, 0.717) is 24.1 Å². The van der Waals surface area contributed by atoms with Crippen molar-refractivity contribution < 1.29 is 23.9 Å². The van der Waals surface area contributed by atoms with Gasteiger partial charge in [0.05, 0.1) is 23.5 Å². The van der Waals surface area contributed by atoms with Crippen molar-refractivity contribution in [2.24, 2.45) is 11.8 Å². The Hall–Kier alpha value is -3.47. The SMILES string of the molecule is C[C@@H](OC(=O)[C@H](C)N1C(=O)[C@H]2CC=CC[C@H]2C1=O)C(=O)Nc1cccc(C#N)c1. The van der Waals surface area contributed by atoms with Gasteiger partial charge < -0.3 is 10.1 Å². The van der Waals surface area contributed by atoms with Crippen LogP contribution in [0.3, 0.4) is 0 Å². The summed E-state index contributed by atoms with van der Waals surface area (Å²) in [5, 5.41) is 11.5. The average Bonchev–Trinajstić information content (AvgIpc) is 2.98. The van der Waals surface area contributed by atoms with Crippen LogP contribution in [-0.2, 0) is 23.9 Å². The molecule has 0 unspecified atom stereocenters. The number of carbonyl (C=O) groups excluding carboxylic acids is 4. The Morgan fingerprint density at radius 1 is 1.17 bits per heavy atom. The quantitative estimate of drug-likeness (QED) is 0.461. The molecule has 1 aliphatic carbocycles. The number of hydrogen-bond acceptors (Lipinski definition) is 6. The summed E-state index contributed by atoms with van der Waals surface area (Å²) in [7, 11) is 0. The van der Waals surface area contributed by atoms with Gasteiger partial charge in [-0.05, 0) is 44.9 Å². The molecule has 0 radical (unpaired) electrons. The zero-order chi connectivity index (χ0) is 21.1. The number of nitrogens with zero attached hydrogens (tertiary/aromatic N) is 2. The highest BCUT2D eigenvalue weighted by Crippen LogP contribution is 2.36. The number of rotatable bonds is 5. The number of imide groups is 1. The fourth-order valence-electron chi connectivity index (χ4n) is 3.55. The standard InChI is InChI=1S/C21H21N3O5/c1-12(24-19(26)16-8-3-4-9-17(16)20(24)27)21(28)29-13(2)18(25)23-15-7-5-6-14(10-15)11-22/h3-7,10,12-13,16-17H,8-9H2,1-2H3,(H,23,25)/t12-,13+,16-,17+/m0/s1. The molecule has 0 spiro atoms. The van der Waals surface area contributed by atoms with Gasteiger partial charge in [0, 0.05) is 5.69 Å². The van der Waals surface area contributed by atoms with Gasteiger partial charge >= 0.3 is 5.97 Å². The summed E-state index contributed by atoms with van der Waals surface area (Å²) in [6.07, 6.45) is 3.55. The van der Waals surface area contributed by atoms with Crippen LogP contribution in [0, 0.1) is 23.2 Å². The summed E-state index contributed by atoms with van der Waals surface area (Å²) in [5.74, 6) is -3.03. The number of nitriles is 1. The normalized spacial score (nSPS) is 22.4. The maximum atomic E-state index is 12.6. The van der Waals surface area contributed by atoms with E-state index in [4.69, 9.17) is 10.00 Å². The molecule has 3 rings (SSSR count). The maximum absolute atomic E-state index is 12.6. The van der Waals surface area contributed by atoms with Crippen LogP contribution in [0.5, 0.6) is 0 Å². The monoisotopic (exact) mass is 395 g/mol. The first-order valence-electron chi connectivity index (χ1n) is 9.37. The van der Waals surface area contributed by atoms with Crippen molar-refractivity contribution in [3.05, 3.63) is 42.0 Å². The molecule has 3 amide bonds. The molecule has 8 heteroatoms. The third-order valence-electron chi connectivity index (χ3n) is 5.19. The van der Waals surface area contributed by atoms with Crippen molar-refractivity contribution in [2.45, 2.75) is 38.8 Å². The molecule has 1 aromatic rings. The molecule has 29 heavy (non-hydrogen) atoms. The minimum Gasteiger partial charge on any atom is -0.451 e. The number of likely N-dealkylation sites (tertiary alicyclic amines) is 1. The fourth-order valence-corrected chi connectivity index (χ4v) is 3.55. The number of esters is 1. The molecule has 1 heterocycles. The van der Waals surface area contributed by atoms with Crippen LogP contribution >= 0.6 is 0 Å². The highest BCUT2D eigenvalue weighted by molar-refractivity contribution is 6.08. The second-order valence-corrected chi connectivity index (χ2v) is 7.14. The predicted octanol–water partition coefficient (Wildman–Crippen LogP) is 1.77. The Balaban J connectivity index is 1.61. The Labute approximate surface area is 168 Å². The van der Waals surface area contributed by atoms with Gasteiger partial charge in [-0.1, -0.05) is 18.2 Å². The zero-order valence-corrected chi connectivity index (χ0v) is 16.1. The molecular formula is C21H21N3O5. The van der Waals surface area contributed by atoms with Gasteiger partial charge in [0.15, 0.2) is 6.10 Å². The van der Waals surface area contributed by atoms with E-state index in [1.165, 1.54) is 19.9 Å². The van der Waals surface area contributed by atoms with E-state index in [2.05, 4.69) is 5.32 Å². The lowest BCUT2D eigenvalue weighted by atomic mass is 9.85. The van der Waals surface area contributed by atoms with Gasteiger partial charge in [-0.25, -0.2) is 4.79 Å². The predicted molar refractivity (Wildman–Crippen MR) is 102 cm³/mol. The third kappa shape index (κ3) is 4.04. The van der Waals surface area contributed by atoms with Gasteiger partial charge in [0.1, 0.15) is 6.04 Å². The van der Waals surface area contributed by atoms with E-state index in [1.807, 2.05) is 18.2 Å². The van der Waals surface area contributed by atoms with Crippen LogP contribution in [0.4, 0.5) is 5.69 Å². The van der Waals surface area contributed by atoms with Gasteiger partial charge in [-0.3, -0.25) is 19.3 Å². The highest BCUT2D eigenvalue weighted by atomic mass is 16.5. The van der Waals surface area contributed by atoms with Gasteiger partial charge in [0.25, 0.3) is 5.91 Å². The number of allylic oxidation sites excluding steroid dienone is 2. The number of anilines is 1. The minimum absolute atomic E-state index is 0.376. The topological polar surface area (TPSA) is 117 Å². The fraction of sp³-hybridized carbons (Fsp3) is 0.381. The van der Waals surface area contributed by atoms with E-state index in [0.717, 1.165) is 4.90 Å². The zero-order valence-electron chi connectivity index (χ0n) is 16.1. The average molecular weight is 395 g/mol. The Morgan fingerprint density at radius 2 is 1.79 bits per heavy atom. The molecule has 1 saturated heterocycles. The summed E-state index contributed by atoms with van der Waals surface area (Å²) in [6.45, 7) is 2.81. The van der Waals surface area contributed by atoms with Gasteiger partial charge in [-0.2, -0.15) is 5.26 Å². The molecule has 4 atom stereocenters. The maximum Gasteiger partial charge on any atom is 0.329 e. The van der Waals surface area contributed by atoms with Crippen molar-refractivity contribution in [3.63, 3.8) is 0 Å². The Morgan fingerprint density at radius 3 is 2.38 bits per heavy atom. The summed E-state index contributed by atoms with van der Waals surface area (Å²) in [6, 6.07) is 7.16. The van der Waals surface area contributed by atoms with Crippen molar-refractivity contribution in [3.8, 4) is 6.07 Å². The van der Waals surface area contributed by atoms with E-state index < -0.39 is 35.9 Å². The Kier molecular flexibility index (Phi) is 5.78. The van der Waals surface area contributed by atoms with E-state index >= 15 is 0 Å². The molecular weight excluding hydrogens is 374 g/mol. The van der Waals surface area contributed by atoms with Crippen molar-refractivity contribution >= 4 is 29.4 Å². The minimum atomic E-state index is -1.15. The van der Waals surface area contributed by atoms with Crippen LogP contribution < -0.4 is 5.32 Å². The van der Waals surface area contributed by atoms with E-state index in [9.17, 15) is 19.2 Å². The lowest BCUT2D eigenvalue weighted by molar-refractivity contribution is -0.163. The first-order chi connectivity index (χ1) is 13.8. The first-order valence-corrected chi connectivity index (χ1v) is 9.37.